The smallest absolute Gasteiger partial charge is 0.00198 e. The number of benzene rings is 27. The number of hydrogen-bond donors (Lipinski definition) is 0. The lowest BCUT2D eigenvalue weighted by molar-refractivity contribution is 1.50. The van der Waals surface area contributed by atoms with Gasteiger partial charge in [0.2, 0.25) is 0 Å². The first-order valence-corrected chi connectivity index (χ1v) is 46.0. The molecule has 0 saturated heterocycles. The SMILES string of the molecule is Cc1ccc2c(-c3cc4ccc5ccccc5c4c4ccccc34)c3cc(C)ccc3c(-c3ccc4ccccc4c3)c2c1.c1ccc(-c2ccc(-c3c4ccccc4c(-c4cc5ccc6ccccc6c5c5ccccc45)c4ccccc34)cc2)cc1.c1ccc(-c2cccc(-c3c4ccccc4c(-c4cc5ccc6ccccc6c5c5ccccc45)c4ccccc34)c2)cc1. The van der Waals surface area contributed by atoms with E-state index in [9.17, 15) is 0 Å². The van der Waals surface area contributed by atoms with Gasteiger partial charge in [0.05, 0.1) is 0 Å². The van der Waals surface area contributed by atoms with Crippen LogP contribution in [0.4, 0.5) is 0 Å². The van der Waals surface area contributed by atoms with Crippen LogP contribution in [0, 0.1) is 13.8 Å². The Morgan fingerprint density at radius 2 is 0.348 bits per heavy atom. The normalized spacial score (nSPS) is 11.7. The van der Waals surface area contributed by atoms with Crippen LogP contribution >= 0.6 is 0 Å². The van der Waals surface area contributed by atoms with Crippen molar-refractivity contribution in [3.63, 3.8) is 0 Å². The molecule has 0 N–H and O–H groups in total. The molecule has 0 saturated carbocycles. The maximum absolute atomic E-state index is 2.44. The molecule has 0 atom stereocenters. The van der Waals surface area contributed by atoms with Crippen molar-refractivity contribution < 1.29 is 0 Å². The summed E-state index contributed by atoms with van der Waals surface area (Å²) in [6.45, 7) is 4.42. The van der Waals surface area contributed by atoms with Gasteiger partial charge in [-0.25, -0.2) is 0 Å². The summed E-state index contributed by atoms with van der Waals surface area (Å²) in [7, 11) is 0. The Hall–Kier alpha value is -16.9. The van der Waals surface area contributed by atoms with Gasteiger partial charge >= 0.3 is 0 Å². The molecule has 0 heterocycles. The van der Waals surface area contributed by atoms with Gasteiger partial charge < -0.3 is 0 Å². The topological polar surface area (TPSA) is 0 Å². The van der Waals surface area contributed by atoms with Crippen LogP contribution in [0.25, 0.3) is 261 Å². The summed E-state index contributed by atoms with van der Waals surface area (Å²) in [5.74, 6) is 0. The lowest BCUT2D eigenvalue weighted by atomic mass is 9.82. The van der Waals surface area contributed by atoms with Crippen LogP contribution < -0.4 is 0 Å². The van der Waals surface area contributed by atoms with Crippen molar-refractivity contribution in [1.82, 2.24) is 0 Å². The maximum Gasteiger partial charge on any atom is -0.00198 e. The fourth-order valence-corrected chi connectivity index (χ4v) is 22.1. The van der Waals surface area contributed by atoms with Gasteiger partial charge in [0.25, 0.3) is 0 Å². The summed E-state index contributed by atoms with van der Waals surface area (Å²) >= 11 is 0. The van der Waals surface area contributed by atoms with Gasteiger partial charge in [0.1, 0.15) is 0 Å². The zero-order chi connectivity index (χ0) is 87.4. The largest absolute Gasteiger partial charge is 0.0622 e. The van der Waals surface area contributed by atoms with Crippen molar-refractivity contribution >= 4 is 172 Å². The molecule has 0 aliphatic carbocycles. The fraction of sp³-hybridized carbons (Fsp3) is 0.0152. The van der Waals surface area contributed by atoms with Crippen molar-refractivity contribution in [3.05, 3.63) is 496 Å². The lowest BCUT2D eigenvalue weighted by Crippen LogP contribution is -1.94. The van der Waals surface area contributed by atoms with E-state index in [2.05, 4.69) is 499 Å². The molecule has 0 bridgehead atoms. The van der Waals surface area contributed by atoms with Gasteiger partial charge in [-0.2, -0.15) is 0 Å². The van der Waals surface area contributed by atoms with Crippen molar-refractivity contribution in [2.75, 3.05) is 0 Å². The Balaban J connectivity index is 0.000000106. The third-order valence-corrected chi connectivity index (χ3v) is 27.9. The molecule has 0 unspecified atom stereocenters. The first-order valence-electron chi connectivity index (χ1n) is 46.0. The minimum absolute atomic E-state index is 1.23. The van der Waals surface area contributed by atoms with E-state index < -0.39 is 0 Å². The molecule has 0 aliphatic heterocycles. The summed E-state index contributed by atoms with van der Waals surface area (Å²) in [5, 5.41) is 41.2. The highest BCUT2D eigenvalue weighted by molar-refractivity contribution is 6.33. The molecule has 0 heteroatoms. The summed E-state index contributed by atoms with van der Waals surface area (Å²) in [5.41, 5.74) is 22.8. The highest BCUT2D eigenvalue weighted by atomic mass is 14.3. The monoisotopic (exact) mass is 1670 g/mol. The Bertz CT molecular complexity index is 9290. The van der Waals surface area contributed by atoms with Crippen LogP contribution in [-0.2, 0) is 0 Å². The first-order chi connectivity index (χ1) is 65.3. The van der Waals surface area contributed by atoms with Crippen molar-refractivity contribution in [1.29, 1.82) is 0 Å². The minimum Gasteiger partial charge on any atom is -0.0622 e. The molecule has 132 heavy (non-hydrogen) atoms. The molecule has 0 nitrogen and oxygen atoms in total. The standard InChI is InChI=1S/C44H30.2C44H28/c1-27-16-22-38-39(23-27)43(32-19-17-29-9-3-4-11-31(29)25-32)37-21-15-28(2)24-40(37)44(38)41-26-33-20-18-30-10-5-6-12-34(30)42(33)36-14-8-7-13-35(36)41;1-2-13-29(14-3-1)31-16-12-17-32(27-31)43-37-21-8-10-23-39(37)44(40-24-11-9-22-38(40)43)41-28-33-26-25-30-15-4-5-18-34(30)42(33)36-20-7-6-19-35(36)41;1-2-12-29(13-3-1)30-22-25-32(26-23-30)42-37-18-8-10-20-39(37)44(40-21-11-9-19-38(40)42)41-28-33-27-24-31-14-4-5-15-34(31)43(33)36-17-7-6-16-35(36)41/h3-26H,1-2H3;2*1-28H. The molecule has 27 aromatic carbocycles. The molecular weight excluding hydrogens is 1590 g/mol. The third-order valence-electron chi connectivity index (χ3n) is 27.9. The second kappa shape index (κ2) is 32.1. The van der Waals surface area contributed by atoms with Gasteiger partial charge in [-0.3, -0.25) is 0 Å². The van der Waals surface area contributed by atoms with Gasteiger partial charge in [-0.05, 0) is 306 Å². The third kappa shape index (κ3) is 13.0. The van der Waals surface area contributed by atoms with E-state index in [1.807, 2.05) is 0 Å². The predicted octanol–water partition coefficient (Wildman–Crippen LogP) is 37.5. The minimum atomic E-state index is 1.23. The van der Waals surface area contributed by atoms with E-state index >= 15 is 0 Å². The highest BCUT2D eigenvalue weighted by Crippen LogP contribution is 2.53. The van der Waals surface area contributed by atoms with E-state index in [1.165, 1.54) is 273 Å². The van der Waals surface area contributed by atoms with Crippen LogP contribution in [0.1, 0.15) is 11.1 Å². The zero-order valence-electron chi connectivity index (χ0n) is 73.2. The predicted molar refractivity (Wildman–Crippen MR) is 572 cm³/mol. The Morgan fingerprint density at radius 3 is 0.765 bits per heavy atom. The van der Waals surface area contributed by atoms with Crippen molar-refractivity contribution in [3.8, 4) is 89.0 Å². The average molecular weight is 1670 g/mol. The van der Waals surface area contributed by atoms with Crippen LogP contribution in [0.5, 0.6) is 0 Å². The molecule has 0 spiro atoms. The van der Waals surface area contributed by atoms with Crippen LogP contribution in [-0.4, -0.2) is 0 Å². The fourth-order valence-electron chi connectivity index (χ4n) is 22.1. The Kier molecular flexibility index (Phi) is 18.9. The molecule has 0 radical (unpaired) electrons. The number of rotatable bonds is 8. The summed E-state index contributed by atoms with van der Waals surface area (Å²) in [6, 6.07) is 179. The highest BCUT2D eigenvalue weighted by Gasteiger charge is 2.26. The summed E-state index contributed by atoms with van der Waals surface area (Å²) in [4.78, 5) is 0. The van der Waals surface area contributed by atoms with Crippen molar-refractivity contribution in [2.24, 2.45) is 0 Å². The van der Waals surface area contributed by atoms with E-state index in [-0.39, 0.29) is 0 Å². The second-order valence-corrected chi connectivity index (χ2v) is 35.5. The molecule has 0 aliphatic rings. The molecule has 0 fully saturated rings. The van der Waals surface area contributed by atoms with E-state index in [0.717, 1.165) is 0 Å². The van der Waals surface area contributed by atoms with E-state index in [0.29, 0.717) is 0 Å². The van der Waals surface area contributed by atoms with E-state index in [1.54, 1.807) is 0 Å². The first kappa shape index (κ1) is 77.4. The second-order valence-electron chi connectivity index (χ2n) is 35.5. The Morgan fingerprint density at radius 1 is 0.106 bits per heavy atom. The van der Waals surface area contributed by atoms with E-state index in [4.69, 9.17) is 0 Å². The molecule has 27 aromatic rings. The summed E-state index contributed by atoms with van der Waals surface area (Å²) < 4.78 is 0. The molecule has 27 rings (SSSR count). The molecule has 0 amide bonds. The average Bonchev–Trinajstić information content (AvgIpc) is 0.723. The molecule has 614 valence electrons. The quantitative estimate of drug-likeness (QED) is 0.105. The number of aryl methyl sites for hydroxylation is 2. The molecular formula is C132H86. The van der Waals surface area contributed by atoms with Gasteiger partial charge in [-0.1, -0.05) is 466 Å². The van der Waals surface area contributed by atoms with Gasteiger partial charge in [0.15, 0.2) is 0 Å². The van der Waals surface area contributed by atoms with Crippen LogP contribution in [0.2, 0.25) is 0 Å². The van der Waals surface area contributed by atoms with Crippen LogP contribution in [0.15, 0.2) is 485 Å². The molecule has 0 aromatic heterocycles. The number of fused-ring (bicyclic) bond motifs is 22. The lowest BCUT2D eigenvalue weighted by Gasteiger charge is -2.21. The van der Waals surface area contributed by atoms with Gasteiger partial charge in [-0.15, -0.1) is 0 Å². The zero-order valence-corrected chi connectivity index (χ0v) is 73.2. The maximum atomic E-state index is 2.44. The van der Waals surface area contributed by atoms with Crippen LogP contribution in [0.3, 0.4) is 0 Å². The number of hydrogen-bond acceptors (Lipinski definition) is 0. The van der Waals surface area contributed by atoms with Crippen molar-refractivity contribution in [2.45, 2.75) is 13.8 Å². The Labute approximate surface area is 766 Å². The van der Waals surface area contributed by atoms with Gasteiger partial charge in [0, 0.05) is 0 Å². The summed E-state index contributed by atoms with van der Waals surface area (Å²) in [6.07, 6.45) is 0.